The Balaban J connectivity index is 1.47. The molecular weight excluding hydrogens is 442 g/mol. The fourth-order valence-electron chi connectivity index (χ4n) is 3.21. The molecule has 4 aromatic rings. The lowest BCUT2D eigenvalue weighted by Gasteiger charge is -2.25. The van der Waals surface area contributed by atoms with Crippen molar-refractivity contribution in [3.63, 3.8) is 0 Å². The van der Waals surface area contributed by atoms with Crippen LogP contribution in [0.3, 0.4) is 0 Å². The van der Waals surface area contributed by atoms with Crippen LogP contribution in [0.4, 0.5) is 14.5 Å². The molecule has 0 bridgehead atoms. The molecule has 1 aliphatic rings. The molecule has 9 nitrogen and oxygen atoms in total. The number of anilines is 1. The molecule has 0 saturated carbocycles. The molecule has 0 radical (unpaired) electrons. The van der Waals surface area contributed by atoms with Gasteiger partial charge in [0, 0.05) is 29.0 Å². The van der Waals surface area contributed by atoms with Crippen molar-refractivity contribution in [3.05, 3.63) is 54.6 Å². The number of H-pyrrole nitrogens is 1. The van der Waals surface area contributed by atoms with Gasteiger partial charge in [-0.2, -0.15) is 19.0 Å². The number of amides is 1. The van der Waals surface area contributed by atoms with Crippen LogP contribution in [0, 0.1) is 0 Å². The van der Waals surface area contributed by atoms with Crippen molar-refractivity contribution < 1.29 is 23.0 Å². The fourth-order valence-corrected chi connectivity index (χ4v) is 4.25. The highest BCUT2D eigenvalue weighted by atomic mass is 32.2. The normalized spacial score (nSPS) is 14.0. The number of carbonyl (C=O) groups is 1. The Morgan fingerprint density at radius 3 is 3.03 bits per heavy atom. The van der Waals surface area contributed by atoms with Gasteiger partial charge in [0.2, 0.25) is 0 Å². The lowest BCUT2D eigenvalue weighted by molar-refractivity contribution is -0.0494. The van der Waals surface area contributed by atoms with E-state index in [9.17, 15) is 13.6 Å². The van der Waals surface area contributed by atoms with Crippen LogP contribution in [0.2, 0.25) is 0 Å². The van der Waals surface area contributed by atoms with Crippen molar-refractivity contribution in [2.75, 3.05) is 18.5 Å². The van der Waals surface area contributed by atoms with E-state index >= 15 is 0 Å². The number of fused-ring (bicyclic) bond motifs is 1. The largest absolute Gasteiger partial charge is 0.434 e. The maximum absolute atomic E-state index is 13.0. The number of nitrogens with zero attached hydrogens (tertiary/aromatic N) is 4. The van der Waals surface area contributed by atoms with Gasteiger partial charge in [-0.3, -0.25) is 9.89 Å². The van der Waals surface area contributed by atoms with Gasteiger partial charge in [-0.05, 0) is 24.3 Å². The summed E-state index contributed by atoms with van der Waals surface area (Å²) in [7, 11) is 0. The number of aromatic amines is 1. The molecule has 1 aromatic carbocycles. The zero-order valence-corrected chi connectivity index (χ0v) is 17.2. The van der Waals surface area contributed by atoms with Gasteiger partial charge in [0.1, 0.15) is 17.0 Å². The van der Waals surface area contributed by atoms with Crippen LogP contribution in [-0.4, -0.2) is 55.8 Å². The third kappa shape index (κ3) is 4.01. The maximum atomic E-state index is 13.0. The number of thioether (sulfide) groups is 1. The molecule has 4 heterocycles. The van der Waals surface area contributed by atoms with Gasteiger partial charge in [-0.1, -0.05) is 0 Å². The molecule has 32 heavy (non-hydrogen) atoms. The van der Waals surface area contributed by atoms with Gasteiger partial charge in [0.25, 0.3) is 5.91 Å². The Morgan fingerprint density at radius 2 is 2.25 bits per heavy atom. The first-order chi connectivity index (χ1) is 15.6. The summed E-state index contributed by atoms with van der Waals surface area (Å²) in [5.41, 5.74) is 1.54. The number of alkyl halides is 2. The molecule has 1 saturated heterocycles. The summed E-state index contributed by atoms with van der Waals surface area (Å²) in [5, 5.41) is 14.0. The molecule has 12 heteroatoms. The minimum absolute atomic E-state index is 0.0468. The monoisotopic (exact) mass is 458 g/mol. The second-order valence-electron chi connectivity index (χ2n) is 6.86. The number of hydrogen-bond acceptors (Lipinski definition) is 7. The molecule has 164 valence electrons. The molecule has 3 aromatic heterocycles. The van der Waals surface area contributed by atoms with Crippen molar-refractivity contribution in [1.82, 2.24) is 24.8 Å². The summed E-state index contributed by atoms with van der Waals surface area (Å²) in [6.45, 7) is -1.74. The molecule has 1 fully saturated rings. The summed E-state index contributed by atoms with van der Waals surface area (Å²) < 4.78 is 37.4. The van der Waals surface area contributed by atoms with Gasteiger partial charge < -0.3 is 14.8 Å². The highest BCUT2D eigenvalue weighted by Gasteiger charge is 2.23. The standard InChI is InChI=1S/C20H16F2N6O3S/c21-20(22)31-16-3-2-11(32-12-9-30-10-12)6-13(16)17-15(8-24-27-17)26-19(29)14-7-25-28-5-1-4-23-18(14)28/h1-8,12,20H,9-10H2,(H,24,27)(H,26,29). The van der Waals surface area contributed by atoms with Crippen LogP contribution < -0.4 is 10.1 Å². The highest BCUT2D eigenvalue weighted by Crippen LogP contribution is 2.39. The lowest BCUT2D eigenvalue weighted by Crippen LogP contribution is -2.29. The third-order valence-corrected chi connectivity index (χ3v) is 5.88. The Morgan fingerprint density at radius 1 is 1.38 bits per heavy atom. The molecule has 0 unspecified atom stereocenters. The van der Waals surface area contributed by atoms with Crippen LogP contribution in [0.15, 0.2) is 53.9 Å². The summed E-state index contributed by atoms with van der Waals surface area (Å²) in [6.07, 6.45) is 6.10. The van der Waals surface area contributed by atoms with E-state index < -0.39 is 12.5 Å². The van der Waals surface area contributed by atoms with Crippen LogP contribution in [-0.2, 0) is 4.74 Å². The summed E-state index contributed by atoms with van der Waals surface area (Å²) in [6, 6.07) is 6.59. The van der Waals surface area contributed by atoms with E-state index in [-0.39, 0.29) is 17.0 Å². The number of nitrogens with one attached hydrogen (secondary N) is 2. The number of rotatable bonds is 7. The van der Waals surface area contributed by atoms with Gasteiger partial charge in [-0.25, -0.2) is 9.50 Å². The van der Waals surface area contributed by atoms with Crippen LogP contribution in [0.5, 0.6) is 5.75 Å². The van der Waals surface area contributed by atoms with Crippen LogP contribution in [0.25, 0.3) is 16.9 Å². The second-order valence-corrected chi connectivity index (χ2v) is 8.24. The minimum atomic E-state index is -3.01. The van der Waals surface area contributed by atoms with Crippen molar-refractivity contribution in [3.8, 4) is 17.0 Å². The van der Waals surface area contributed by atoms with Gasteiger partial charge in [-0.15, -0.1) is 11.8 Å². The number of carbonyl (C=O) groups excluding carboxylic acids is 1. The van der Waals surface area contributed by atoms with E-state index in [4.69, 9.17) is 9.47 Å². The summed E-state index contributed by atoms with van der Waals surface area (Å²) in [5.74, 6) is -0.510. The number of ether oxygens (including phenoxy) is 2. The smallest absolute Gasteiger partial charge is 0.387 e. The van der Waals surface area contributed by atoms with Gasteiger partial charge in [0.15, 0.2) is 5.65 Å². The summed E-state index contributed by atoms with van der Waals surface area (Å²) >= 11 is 1.58. The van der Waals surface area contributed by atoms with Crippen LogP contribution in [0.1, 0.15) is 10.4 Å². The second kappa shape index (κ2) is 8.55. The first-order valence-corrected chi connectivity index (χ1v) is 10.4. The average Bonchev–Trinajstić information content (AvgIpc) is 3.38. The Bertz CT molecular complexity index is 1270. The van der Waals surface area contributed by atoms with Crippen molar-refractivity contribution in [2.45, 2.75) is 16.8 Å². The molecule has 1 aliphatic heterocycles. The Labute approximate surface area is 184 Å². The Hall–Kier alpha value is -3.51. The molecule has 2 N–H and O–H groups in total. The molecule has 5 rings (SSSR count). The summed E-state index contributed by atoms with van der Waals surface area (Å²) in [4.78, 5) is 17.9. The van der Waals surface area contributed by atoms with Crippen molar-refractivity contribution >= 4 is 29.0 Å². The fraction of sp³-hybridized carbons (Fsp3) is 0.200. The zero-order chi connectivity index (χ0) is 22.1. The average molecular weight is 458 g/mol. The Kier molecular flexibility index (Phi) is 5.45. The first kappa shape index (κ1) is 20.4. The van der Waals surface area contributed by atoms with Gasteiger partial charge in [0.05, 0.1) is 30.3 Å². The van der Waals surface area contributed by atoms with Crippen molar-refractivity contribution in [2.24, 2.45) is 0 Å². The van der Waals surface area contributed by atoms with E-state index in [0.29, 0.717) is 35.4 Å². The molecule has 0 aliphatic carbocycles. The van der Waals surface area contributed by atoms with E-state index in [1.165, 1.54) is 23.0 Å². The number of hydrogen-bond donors (Lipinski definition) is 2. The predicted molar refractivity (Wildman–Crippen MR) is 112 cm³/mol. The number of aromatic nitrogens is 5. The number of benzene rings is 1. The van der Waals surface area contributed by atoms with E-state index in [1.54, 1.807) is 42.4 Å². The topological polar surface area (TPSA) is 106 Å². The minimum Gasteiger partial charge on any atom is -0.434 e. The lowest BCUT2D eigenvalue weighted by atomic mass is 10.1. The highest BCUT2D eigenvalue weighted by molar-refractivity contribution is 8.00. The van der Waals surface area contributed by atoms with E-state index in [2.05, 4.69) is 25.6 Å². The molecule has 1 amide bonds. The van der Waals surface area contributed by atoms with Crippen molar-refractivity contribution in [1.29, 1.82) is 0 Å². The predicted octanol–water partition coefficient (Wildman–Crippen LogP) is 3.46. The maximum Gasteiger partial charge on any atom is 0.387 e. The first-order valence-electron chi connectivity index (χ1n) is 9.55. The third-order valence-electron chi connectivity index (χ3n) is 4.74. The molecule has 0 spiro atoms. The van der Waals surface area contributed by atoms with E-state index in [1.807, 2.05) is 0 Å². The van der Waals surface area contributed by atoms with Gasteiger partial charge >= 0.3 is 6.61 Å². The number of halogens is 2. The zero-order valence-electron chi connectivity index (χ0n) is 16.4. The van der Waals surface area contributed by atoms with E-state index in [0.717, 1.165) is 4.90 Å². The molecule has 0 atom stereocenters. The SMILES string of the molecule is O=C(Nc1c[nH]nc1-c1cc(SC2COC2)ccc1OC(F)F)c1cnn2cccnc12. The quantitative estimate of drug-likeness (QED) is 0.437. The van der Waals surface area contributed by atoms with Crippen LogP contribution >= 0.6 is 11.8 Å². The molecular formula is C20H16F2N6O3S.